The average Bonchev–Trinajstić information content (AvgIpc) is 2.67. The molecule has 0 bridgehead atoms. The minimum absolute atomic E-state index is 0.160. The highest BCUT2D eigenvalue weighted by Gasteiger charge is 2.19. The third kappa shape index (κ3) is 2.76. The van der Waals surface area contributed by atoms with Crippen molar-refractivity contribution < 1.29 is 4.79 Å². The van der Waals surface area contributed by atoms with E-state index in [0.29, 0.717) is 6.54 Å². The SMILES string of the molecule is CC(C)C(NCc1nn(C)c2ccccc12)C(N)=O. The van der Waals surface area contributed by atoms with Crippen LogP contribution in [0.1, 0.15) is 19.5 Å². The van der Waals surface area contributed by atoms with Crippen LogP contribution in [-0.4, -0.2) is 21.7 Å². The summed E-state index contributed by atoms with van der Waals surface area (Å²) in [5.74, 6) is -0.164. The molecule has 0 fully saturated rings. The van der Waals surface area contributed by atoms with Gasteiger partial charge in [-0.3, -0.25) is 14.8 Å². The van der Waals surface area contributed by atoms with Crippen LogP contribution in [-0.2, 0) is 18.4 Å². The molecule has 19 heavy (non-hydrogen) atoms. The summed E-state index contributed by atoms with van der Waals surface area (Å²) < 4.78 is 1.85. The van der Waals surface area contributed by atoms with Gasteiger partial charge in [-0.1, -0.05) is 32.0 Å². The first-order chi connectivity index (χ1) is 9.00. The quantitative estimate of drug-likeness (QED) is 0.847. The van der Waals surface area contributed by atoms with Gasteiger partial charge < -0.3 is 5.73 Å². The Morgan fingerprint density at radius 1 is 1.42 bits per heavy atom. The highest BCUT2D eigenvalue weighted by atomic mass is 16.1. The number of nitrogens with two attached hydrogens (primary N) is 1. The number of fused-ring (bicyclic) bond motifs is 1. The van der Waals surface area contributed by atoms with Gasteiger partial charge in [-0.2, -0.15) is 5.10 Å². The number of benzene rings is 1. The van der Waals surface area contributed by atoms with Gasteiger partial charge in [-0.25, -0.2) is 0 Å². The summed E-state index contributed by atoms with van der Waals surface area (Å²) in [5.41, 5.74) is 7.41. The topological polar surface area (TPSA) is 72.9 Å². The Bertz CT molecular complexity index is 588. The van der Waals surface area contributed by atoms with E-state index in [-0.39, 0.29) is 17.9 Å². The lowest BCUT2D eigenvalue weighted by molar-refractivity contribution is -0.121. The smallest absolute Gasteiger partial charge is 0.234 e. The molecule has 0 aliphatic heterocycles. The first kappa shape index (κ1) is 13.5. The van der Waals surface area contributed by atoms with E-state index in [1.807, 2.05) is 49.8 Å². The van der Waals surface area contributed by atoms with Gasteiger partial charge in [-0.05, 0) is 12.0 Å². The molecule has 1 atom stereocenters. The predicted octanol–water partition coefficient (Wildman–Crippen LogP) is 1.17. The van der Waals surface area contributed by atoms with Gasteiger partial charge in [0, 0.05) is 19.0 Å². The molecule has 1 heterocycles. The van der Waals surface area contributed by atoms with E-state index < -0.39 is 0 Å². The molecule has 2 rings (SSSR count). The van der Waals surface area contributed by atoms with Gasteiger partial charge in [-0.15, -0.1) is 0 Å². The number of hydrogen-bond acceptors (Lipinski definition) is 3. The Balaban J connectivity index is 2.20. The van der Waals surface area contributed by atoms with Crippen LogP contribution in [0.4, 0.5) is 0 Å². The summed E-state index contributed by atoms with van der Waals surface area (Å²) in [6.45, 7) is 4.48. The van der Waals surface area contributed by atoms with E-state index in [1.54, 1.807) is 0 Å². The maximum absolute atomic E-state index is 11.4. The van der Waals surface area contributed by atoms with Crippen LogP contribution in [0.5, 0.6) is 0 Å². The Labute approximate surface area is 112 Å². The maximum Gasteiger partial charge on any atom is 0.234 e. The lowest BCUT2D eigenvalue weighted by Gasteiger charge is -2.18. The van der Waals surface area contributed by atoms with E-state index in [2.05, 4.69) is 10.4 Å². The van der Waals surface area contributed by atoms with Crippen LogP contribution >= 0.6 is 0 Å². The molecule has 0 aliphatic rings. The molecule has 102 valence electrons. The van der Waals surface area contributed by atoms with Crippen LogP contribution in [0, 0.1) is 5.92 Å². The zero-order valence-electron chi connectivity index (χ0n) is 11.6. The van der Waals surface area contributed by atoms with E-state index in [1.165, 1.54) is 0 Å². The summed E-state index contributed by atoms with van der Waals surface area (Å²) >= 11 is 0. The molecular formula is C14H20N4O. The summed E-state index contributed by atoms with van der Waals surface area (Å²) in [5, 5.41) is 8.77. The number of amides is 1. The molecule has 1 unspecified atom stereocenters. The molecule has 0 radical (unpaired) electrons. The molecule has 0 aliphatic carbocycles. The molecule has 0 saturated carbocycles. The lowest BCUT2D eigenvalue weighted by atomic mass is 10.0. The van der Waals surface area contributed by atoms with E-state index in [9.17, 15) is 4.79 Å². The standard InChI is InChI=1S/C14H20N4O/c1-9(2)13(14(15)19)16-8-11-10-6-4-5-7-12(10)18(3)17-11/h4-7,9,13,16H,8H2,1-3H3,(H2,15,19). The summed E-state index contributed by atoms with van der Waals surface area (Å²) in [4.78, 5) is 11.4. The first-order valence-electron chi connectivity index (χ1n) is 6.44. The second-order valence-corrected chi connectivity index (χ2v) is 5.09. The molecule has 3 N–H and O–H groups in total. The first-order valence-corrected chi connectivity index (χ1v) is 6.44. The highest BCUT2D eigenvalue weighted by molar-refractivity contribution is 5.82. The number of aromatic nitrogens is 2. The summed E-state index contributed by atoms with van der Waals surface area (Å²) in [6.07, 6.45) is 0. The van der Waals surface area contributed by atoms with Crippen LogP contribution in [0.15, 0.2) is 24.3 Å². The van der Waals surface area contributed by atoms with Crippen molar-refractivity contribution in [3.63, 3.8) is 0 Å². The number of carbonyl (C=O) groups is 1. The fourth-order valence-corrected chi connectivity index (χ4v) is 2.29. The number of para-hydroxylation sites is 1. The van der Waals surface area contributed by atoms with E-state index in [0.717, 1.165) is 16.6 Å². The fourth-order valence-electron chi connectivity index (χ4n) is 2.29. The minimum atomic E-state index is -0.333. The van der Waals surface area contributed by atoms with Gasteiger partial charge in [0.15, 0.2) is 0 Å². The second kappa shape index (κ2) is 5.40. The molecular weight excluding hydrogens is 240 g/mol. The molecule has 2 aromatic rings. The minimum Gasteiger partial charge on any atom is -0.368 e. The number of nitrogens with zero attached hydrogens (tertiary/aromatic N) is 2. The maximum atomic E-state index is 11.4. The third-order valence-corrected chi connectivity index (χ3v) is 3.30. The Kier molecular flexibility index (Phi) is 3.85. The largest absolute Gasteiger partial charge is 0.368 e. The van der Waals surface area contributed by atoms with Gasteiger partial charge in [0.1, 0.15) is 0 Å². The van der Waals surface area contributed by atoms with Crippen molar-refractivity contribution in [1.82, 2.24) is 15.1 Å². The number of carbonyl (C=O) groups excluding carboxylic acids is 1. The van der Waals surface area contributed by atoms with Crippen molar-refractivity contribution in [3.8, 4) is 0 Å². The number of rotatable bonds is 5. The Morgan fingerprint density at radius 3 is 2.74 bits per heavy atom. The zero-order chi connectivity index (χ0) is 14.0. The highest BCUT2D eigenvalue weighted by Crippen LogP contribution is 2.17. The molecule has 1 aromatic carbocycles. The van der Waals surface area contributed by atoms with Crippen molar-refractivity contribution in [2.24, 2.45) is 18.7 Å². The van der Waals surface area contributed by atoms with Gasteiger partial charge >= 0.3 is 0 Å². The summed E-state index contributed by atoms with van der Waals surface area (Å²) in [7, 11) is 1.92. The van der Waals surface area contributed by atoms with Crippen LogP contribution in [0.25, 0.3) is 10.9 Å². The van der Waals surface area contributed by atoms with Crippen molar-refractivity contribution >= 4 is 16.8 Å². The Morgan fingerprint density at radius 2 is 2.11 bits per heavy atom. The van der Waals surface area contributed by atoms with Gasteiger partial charge in [0.25, 0.3) is 0 Å². The summed E-state index contributed by atoms with van der Waals surface area (Å²) in [6, 6.07) is 7.71. The Hall–Kier alpha value is -1.88. The van der Waals surface area contributed by atoms with Crippen LogP contribution in [0.2, 0.25) is 0 Å². The molecule has 0 spiro atoms. The molecule has 1 amide bonds. The second-order valence-electron chi connectivity index (χ2n) is 5.09. The number of hydrogen-bond donors (Lipinski definition) is 2. The zero-order valence-corrected chi connectivity index (χ0v) is 11.6. The predicted molar refractivity (Wildman–Crippen MR) is 75.4 cm³/mol. The van der Waals surface area contributed by atoms with Crippen LogP contribution < -0.4 is 11.1 Å². The lowest BCUT2D eigenvalue weighted by Crippen LogP contribution is -2.44. The van der Waals surface area contributed by atoms with Crippen LogP contribution in [0.3, 0.4) is 0 Å². The van der Waals surface area contributed by atoms with Crippen molar-refractivity contribution in [3.05, 3.63) is 30.0 Å². The number of aryl methyl sites for hydroxylation is 1. The molecule has 1 aromatic heterocycles. The normalized spacial score (nSPS) is 13.1. The molecule has 0 saturated heterocycles. The molecule has 5 heteroatoms. The fraction of sp³-hybridized carbons (Fsp3) is 0.429. The third-order valence-electron chi connectivity index (χ3n) is 3.30. The number of primary amides is 1. The van der Waals surface area contributed by atoms with E-state index >= 15 is 0 Å². The average molecular weight is 260 g/mol. The van der Waals surface area contributed by atoms with Crippen molar-refractivity contribution in [2.45, 2.75) is 26.4 Å². The van der Waals surface area contributed by atoms with Gasteiger partial charge in [0.2, 0.25) is 5.91 Å². The number of nitrogens with one attached hydrogen (secondary N) is 1. The van der Waals surface area contributed by atoms with Crippen molar-refractivity contribution in [1.29, 1.82) is 0 Å². The van der Waals surface area contributed by atoms with Crippen molar-refractivity contribution in [2.75, 3.05) is 0 Å². The molecule has 5 nitrogen and oxygen atoms in total. The monoisotopic (exact) mass is 260 g/mol. The van der Waals surface area contributed by atoms with Gasteiger partial charge in [0.05, 0.1) is 17.3 Å². The van der Waals surface area contributed by atoms with E-state index in [4.69, 9.17) is 5.73 Å².